The molecule has 0 aromatic carbocycles. The fourth-order valence-corrected chi connectivity index (χ4v) is 3.87. The van der Waals surface area contributed by atoms with Crippen LogP contribution in [0.25, 0.3) is 5.65 Å². The third-order valence-electron chi connectivity index (χ3n) is 5.40. The van der Waals surface area contributed by atoms with Crippen LogP contribution in [0, 0.1) is 6.92 Å². The highest BCUT2D eigenvalue weighted by atomic mass is 16.1. The van der Waals surface area contributed by atoms with Crippen molar-refractivity contribution in [2.24, 2.45) is 0 Å². The molecular formula is C18H21N7O. The highest BCUT2D eigenvalue weighted by Gasteiger charge is 2.29. The Morgan fingerprint density at radius 2 is 1.85 bits per heavy atom. The molecule has 4 heterocycles. The molecule has 1 aliphatic carbocycles. The molecule has 1 N–H and O–H groups in total. The molecule has 3 aromatic heterocycles. The highest BCUT2D eigenvalue weighted by molar-refractivity contribution is 5.68. The zero-order chi connectivity index (χ0) is 17.7. The van der Waals surface area contributed by atoms with Gasteiger partial charge in [-0.05, 0) is 38.7 Å². The number of nitrogens with one attached hydrogen (secondary N) is 1. The third-order valence-corrected chi connectivity index (χ3v) is 5.40. The molecule has 1 aliphatic heterocycles. The van der Waals surface area contributed by atoms with Gasteiger partial charge in [-0.25, -0.2) is 4.98 Å². The van der Waals surface area contributed by atoms with E-state index in [-0.39, 0.29) is 5.56 Å². The van der Waals surface area contributed by atoms with Gasteiger partial charge in [0.15, 0.2) is 0 Å². The third kappa shape index (κ3) is 2.75. The van der Waals surface area contributed by atoms with Crippen molar-refractivity contribution in [3.8, 4) is 0 Å². The van der Waals surface area contributed by atoms with Crippen LogP contribution in [-0.4, -0.2) is 42.9 Å². The Balaban J connectivity index is 1.41. The second-order valence-electron chi connectivity index (χ2n) is 7.34. The average Bonchev–Trinajstić information content (AvgIpc) is 3.38. The normalized spacial score (nSPS) is 18.6. The maximum Gasteiger partial charge on any atom is 0.251 e. The quantitative estimate of drug-likeness (QED) is 0.773. The van der Waals surface area contributed by atoms with E-state index in [1.807, 2.05) is 6.92 Å². The summed E-state index contributed by atoms with van der Waals surface area (Å²) < 4.78 is 1.80. The first-order chi connectivity index (χ1) is 12.7. The van der Waals surface area contributed by atoms with Gasteiger partial charge in [0.25, 0.3) is 5.56 Å². The van der Waals surface area contributed by atoms with Gasteiger partial charge in [-0.15, -0.1) is 10.2 Å². The predicted molar refractivity (Wildman–Crippen MR) is 96.5 cm³/mol. The number of hydrogen-bond acceptors (Lipinski definition) is 6. The van der Waals surface area contributed by atoms with Crippen molar-refractivity contribution in [3.63, 3.8) is 0 Å². The fourth-order valence-electron chi connectivity index (χ4n) is 3.87. The number of aromatic amines is 1. The summed E-state index contributed by atoms with van der Waals surface area (Å²) in [7, 11) is 0. The predicted octanol–water partition coefficient (Wildman–Crippen LogP) is 1.78. The molecule has 8 heteroatoms. The summed E-state index contributed by atoms with van der Waals surface area (Å²) in [6.07, 6.45) is 6.06. The monoisotopic (exact) mass is 351 g/mol. The molecule has 3 aromatic rings. The summed E-state index contributed by atoms with van der Waals surface area (Å²) in [5, 5.41) is 13.0. The van der Waals surface area contributed by atoms with E-state index in [1.165, 1.54) is 12.8 Å². The van der Waals surface area contributed by atoms with Gasteiger partial charge >= 0.3 is 0 Å². The lowest BCUT2D eigenvalue weighted by Gasteiger charge is -2.33. The van der Waals surface area contributed by atoms with Gasteiger partial charge in [0.2, 0.25) is 5.65 Å². The molecule has 0 radical (unpaired) electrons. The number of anilines is 1. The molecular weight excluding hydrogens is 330 g/mol. The van der Waals surface area contributed by atoms with E-state index in [2.05, 4.69) is 36.2 Å². The zero-order valence-corrected chi connectivity index (χ0v) is 14.7. The van der Waals surface area contributed by atoms with Gasteiger partial charge in [0, 0.05) is 31.0 Å². The first kappa shape index (κ1) is 15.5. The lowest BCUT2D eigenvalue weighted by Crippen LogP contribution is -2.34. The first-order valence-corrected chi connectivity index (χ1v) is 9.21. The molecule has 0 bridgehead atoms. The zero-order valence-electron chi connectivity index (χ0n) is 14.7. The van der Waals surface area contributed by atoms with E-state index in [1.54, 1.807) is 16.9 Å². The largest absolute Gasteiger partial charge is 0.368 e. The van der Waals surface area contributed by atoms with Gasteiger partial charge in [0.1, 0.15) is 12.2 Å². The molecule has 1 saturated carbocycles. The molecule has 8 nitrogen and oxygen atoms in total. The summed E-state index contributed by atoms with van der Waals surface area (Å²) in [5.74, 6) is 1.59. The van der Waals surface area contributed by atoms with Crippen LogP contribution < -0.4 is 10.5 Å². The number of hydrogen-bond donors (Lipinski definition) is 1. The Morgan fingerprint density at radius 3 is 2.58 bits per heavy atom. The summed E-state index contributed by atoms with van der Waals surface area (Å²) >= 11 is 0. The van der Waals surface area contributed by atoms with Crippen LogP contribution >= 0.6 is 0 Å². The van der Waals surface area contributed by atoms with Crippen LogP contribution in [0.3, 0.4) is 0 Å². The molecule has 0 atom stereocenters. The smallest absolute Gasteiger partial charge is 0.251 e. The van der Waals surface area contributed by atoms with E-state index in [0.29, 0.717) is 17.7 Å². The van der Waals surface area contributed by atoms with Crippen LogP contribution in [0.4, 0.5) is 5.69 Å². The van der Waals surface area contributed by atoms with Crippen molar-refractivity contribution in [3.05, 3.63) is 46.0 Å². The number of aryl methyl sites for hydroxylation is 1. The van der Waals surface area contributed by atoms with Crippen molar-refractivity contribution in [2.75, 3.05) is 18.0 Å². The molecule has 0 spiro atoms. The Hall–Kier alpha value is -2.77. The molecule has 134 valence electrons. The molecule has 2 fully saturated rings. The van der Waals surface area contributed by atoms with Crippen molar-refractivity contribution in [1.29, 1.82) is 0 Å². The van der Waals surface area contributed by atoms with Gasteiger partial charge in [-0.1, -0.05) is 0 Å². The number of H-pyrrole nitrogens is 1. The maximum atomic E-state index is 11.7. The summed E-state index contributed by atoms with van der Waals surface area (Å²) in [4.78, 5) is 21.4. The second kappa shape index (κ2) is 5.89. The van der Waals surface area contributed by atoms with Crippen LogP contribution in [-0.2, 0) is 0 Å². The lowest BCUT2D eigenvalue weighted by molar-refractivity contribution is 0.494. The Labute approximate surface area is 150 Å². The van der Waals surface area contributed by atoms with Crippen molar-refractivity contribution >= 4 is 11.3 Å². The summed E-state index contributed by atoms with van der Waals surface area (Å²) in [5.41, 5.74) is 3.92. The van der Waals surface area contributed by atoms with Crippen molar-refractivity contribution < 1.29 is 0 Å². The topological polar surface area (TPSA) is 92.1 Å². The van der Waals surface area contributed by atoms with Crippen molar-refractivity contribution in [1.82, 2.24) is 29.8 Å². The van der Waals surface area contributed by atoms with E-state index in [4.69, 9.17) is 0 Å². The van der Waals surface area contributed by atoms with Crippen LogP contribution in [0.1, 0.15) is 54.7 Å². The van der Waals surface area contributed by atoms with E-state index in [0.717, 1.165) is 48.7 Å². The van der Waals surface area contributed by atoms with Gasteiger partial charge < -0.3 is 9.88 Å². The molecule has 26 heavy (non-hydrogen) atoms. The Kier molecular flexibility index (Phi) is 3.51. The second-order valence-corrected chi connectivity index (χ2v) is 7.34. The lowest BCUT2D eigenvalue weighted by atomic mass is 9.93. The van der Waals surface area contributed by atoms with E-state index < -0.39 is 0 Å². The van der Waals surface area contributed by atoms with E-state index >= 15 is 0 Å². The first-order valence-electron chi connectivity index (χ1n) is 9.21. The molecule has 0 unspecified atom stereocenters. The number of nitrogens with zero attached hydrogens (tertiary/aromatic N) is 6. The minimum atomic E-state index is -0.0664. The number of rotatable bonds is 3. The Bertz CT molecular complexity index is 1010. The van der Waals surface area contributed by atoms with E-state index in [9.17, 15) is 4.79 Å². The summed E-state index contributed by atoms with van der Waals surface area (Å²) in [6, 6.07) is 3.83. The molecule has 0 amide bonds. The minimum absolute atomic E-state index is 0.0664. The van der Waals surface area contributed by atoms with Crippen LogP contribution in [0.5, 0.6) is 0 Å². The SMILES string of the molecule is Cc1nc(C2CCN(c3cc(C4CC4)nn4cnnc34)CC2)cc(=O)[nH]1. The average molecular weight is 351 g/mol. The van der Waals surface area contributed by atoms with Crippen LogP contribution in [0.15, 0.2) is 23.3 Å². The maximum absolute atomic E-state index is 11.7. The minimum Gasteiger partial charge on any atom is -0.368 e. The standard InChI is InChI=1S/C18H21N7O/c1-11-20-14(9-17(26)21-11)13-4-6-24(7-5-13)16-8-15(12-2-3-12)23-25-10-19-22-18(16)25/h8-10,12-13H,2-7H2,1H3,(H,20,21,26). The molecule has 1 saturated heterocycles. The van der Waals surface area contributed by atoms with Crippen LogP contribution in [0.2, 0.25) is 0 Å². The van der Waals surface area contributed by atoms with Crippen molar-refractivity contribution in [2.45, 2.75) is 44.4 Å². The summed E-state index contributed by atoms with van der Waals surface area (Å²) in [6.45, 7) is 3.65. The van der Waals surface area contributed by atoms with Gasteiger partial charge in [0.05, 0.1) is 17.1 Å². The number of piperidine rings is 1. The Morgan fingerprint density at radius 1 is 1.08 bits per heavy atom. The number of aromatic nitrogens is 6. The molecule has 5 rings (SSSR count). The van der Waals surface area contributed by atoms with Gasteiger partial charge in [-0.3, -0.25) is 4.79 Å². The fraction of sp³-hybridized carbons (Fsp3) is 0.500. The van der Waals surface area contributed by atoms with Gasteiger partial charge in [-0.2, -0.15) is 9.61 Å². The molecule has 2 aliphatic rings. The highest BCUT2D eigenvalue weighted by Crippen LogP contribution is 2.41. The number of fused-ring (bicyclic) bond motifs is 1.